The van der Waals surface area contributed by atoms with E-state index in [4.69, 9.17) is 34.8 Å². The first-order valence-corrected chi connectivity index (χ1v) is 12.5. The van der Waals surface area contributed by atoms with Gasteiger partial charge in [0.1, 0.15) is 5.15 Å². The molecule has 0 bridgehead atoms. The second-order valence-corrected chi connectivity index (χ2v) is 9.55. The maximum atomic E-state index is 6.79. The molecule has 0 radical (unpaired) electrons. The van der Waals surface area contributed by atoms with Crippen molar-refractivity contribution >= 4 is 34.8 Å². The van der Waals surface area contributed by atoms with Crippen LogP contribution < -0.4 is 0 Å². The van der Waals surface area contributed by atoms with Gasteiger partial charge in [0.2, 0.25) is 0 Å². The van der Waals surface area contributed by atoms with Crippen LogP contribution in [-0.2, 0) is 0 Å². The summed E-state index contributed by atoms with van der Waals surface area (Å²) < 4.78 is 0. The Bertz CT molecular complexity index is 1430. The Hall–Kier alpha value is -3.10. The molecule has 35 heavy (non-hydrogen) atoms. The minimum Gasteiger partial charge on any atom is -0.244 e. The topological polar surface area (TPSA) is 12.9 Å². The number of halogens is 3. The third kappa shape index (κ3) is 4.99. The zero-order chi connectivity index (χ0) is 24.2. The molecule has 0 aliphatic heterocycles. The highest BCUT2D eigenvalue weighted by atomic mass is 35.5. The van der Waals surface area contributed by atoms with Crippen LogP contribution in [0, 0.1) is 0 Å². The molecule has 0 N–H and O–H groups in total. The number of aromatic nitrogens is 1. The van der Waals surface area contributed by atoms with Gasteiger partial charge in [-0.1, -0.05) is 132 Å². The first kappa shape index (κ1) is 23.6. The third-order valence-corrected chi connectivity index (χ3v) is 7.23. The summed E-state index contributed by atoms with van der Waals surface area (Å²) in [6.07, 6.45) is 1.85. The van der Waals surface area contributed by atoms with Crippen molar-refractivity contribution in [2.45, 2.75) is 11.8 Å². The molecule has 4 aromatic carbocycles. The highest BCUT2D eigenvalue weighted by Gasteiger charge is 2.26. The largest absolute Gasteiger partial charge is 0.244 e. The first-order valence-electron chi connectivity index (χ1n) is 11.4. The molecule has 0 aliphatic rings. The van der Waals surface area contributed by atoms with Gasteiger partial charge in [-0.05, 0) is 46.0 Å². The standard InChI is InChI=1S/C31H22Cl3N/c32-27-17-9-7-15-24(27)29(21-11-3-1-4-12-21)23-19-26(31(34)35-20-23)30(22-13-5-2-6-14-22)25-16-8-10-18-28(25)33/h1-20,29-30H. The lowest BCUT2D eigenvalue weighted by atomic mass is 9.82. The average molecular weight is 515 g/mol. The Balaban J connectivity index is 1.73. The Kier molecular flexibility index (Phi) is 7.20. The van der Waals surface area contributed by atoms with Crippen molar-refractivity contribution in [2.24, 2.45) is 0 Å². The highest BCUT2D eigenvalue weighted by Crippen LogP contribution is 2.42. The molecule has 4 heteroatoms. The van der Waals surface area contributed by atoms with Gasteiger partial charge >= 0.3 is 0 Å². The summed E-state index contributed by atoms with van der Waals surface area (Å²) in [4.78, 5) is 4.66. The fourth-order valence-corrected chi connectivity index (χ4v) is 5.33. The predicted octanol–water partition coefficient (Wildman–Crippen LogP) is 9.40. The molecule has 0 saturated heterocycles. The molecule has 2 unspecified atom stereocenters. The van der Waals surface area contributed by atoms with Crippen LogP contribution in [0.1, 0.15) is 45.2 Å². The molecule has 0 aliphatic carbocycles. The van der Waals surface area contributed by atoms with Gasteiger partial charge in [0.25, 0.3) is 0 Å². The van der Waals surface area contributed by atoms with Crippen molar-refractivity contribution in [3.63, 3.8) is 0 Å². The van der Waals surface area contributed by atoms with Crippen LogP contribution in [0.3, 0.4) is 0 Å². The number of rotatable bonds is 6. The lowest BCUT2D eigenvalue weighted by Gasteiger charge is -2.24. The van der Waals surface area contributed by atoms with E-state index in [1.165, 1.54) is 0 Å². The van der Waals surface area contributed by atoms with E-state index in [1.54, 1.807) is 0 Å². The summed E-state index contributed by atoms with van der Waals surface area (Å²) in [5.41, 5.74) is 6.13. The minimum absolute atomic E-state index is 0.101. The third-order valence-electron chi connectivity index (χ3n) is 6.23. The second kappa shape index (κ2) is 10.7. The van der Waals surface area contributed by atoms with Gasteiger partial charge in [0.05, 0.1) is 0 Å². The lowest BCUT2D eigenvalue weighted by Crippen LogP contribution is -2.10. The zero-order valence-corrected chi connectivity index (χ0v) is 21.1. The zero-order valence-electron chi connectivity index (χ0n) is 18.8. The Labute approximate surface area is 221 Å². The van der Waals surface area contributed by atoms with E-state index < -0.39 is 0 Å². The summed E-state index contributed by atoms with van der Waals surface area (Å²) in [6, 6.07) is 38.6. The van der Waals surface area contributed by atoms with Crippen molar-refractivity contribution in [3.8, 4) is 0 Å². The van der Waals surface area contributed by atoms with E-state index in [0.29, 0.717) is 15.2 Å². The summed E-state index contributed by atoms with van der Waals surface area (Å²) >= 11 is 20.2. The second-order valence-electron chi connectivity index (χ2n) is 8.38. The van der Waals surface area contributed by atoms with E-state index in [2.05, 4.69) is 41.4 Å². The monoisotopic (exact) mass is 513 g/mol. The smallest absolute Gasteiger partial charge is 0.133 e. The molecule has 1 aromatic heterocycles. The molecule has 1 heterocycles. The minimum atomic E-state index is -0.174. The van der Waals surface area contributed by atoms with Gasteiger partial charge in [-0.25, -0.2) is 4.98 Å². The van der Waals surface area contributed by atoms with Crippen molar-refractivity contribution in [1.82, 2.24) is 4.98 Å². The molecule has 5 aromatic rings. The Morgan fingerprint density at radius 3 is 1.46 bits per heavy atom. The fraction of sp³-hybridized carbons (Fsp3) is 0.0645. The number of pyridine rings is 1. The molecule has 0 amide bonds. The number of nitrogens with zero attached hydrogens (tertiary/aromatic N) is 1. The summed E-state index contributed by atoms with van der Waals surface area (Å²) in [7, 11) is 0. The molecular formula is C31H22Cl3N. The average Bonchev–Trinajstić information content (AvgIpc) is 2.89. The summed E-state index contributed by atoms with van der Waals surface area (Å²) in [6.45, 7) is 0. The number of hydrogen-bond donors (Lipinski definition) is 0. The molecule has 0 fully saturated rings. The van der Waals surface area contributed by atoms with Gasteiger partial charge in [-0.2, -0.15) is 0 Å². The molecule has 2 atom stereocenters. The van der Waals surface area contributed by atoms with E-state index in [0.717, 1.165) is 33.4 Å². The van der Waals surface area contributed by atoms with Gasteiger partial charge in [-0.15, -0.1) is 0 Å². The van der Waals surface area contributed by atoms with Crippen LogP contribution in [-0.4, -0.2) is 4.98 Å². The fourth-order valence-electron chi connectivity index (χ4n) is 4.63. The van der Waals surface area contributed by atoms with Crippen molar-refractivity contribution in [3.05, 3.63) is 170 Å². The molecule has 0 saturated carbocycles. The molecule has 5 rings (SSSR count). The van der Waals surface area contributed by atoms with Crippen molar-refractivity contribution < 1.29 is 0 Å². The highest BCUT2D eigenvalue weighted by molar-refractivity contribution is 6.32. The lowest BCUT2D eigenvalue weighted by molar-refractivity contribution is 0.919. The summed E-state index contributed by atoms with van der Waals surface area (Å²) in [5.74, 6) is -0.274. The molecule has 172 valence electrons. The van der Waals surface area contributed by atoms with Crippen LogP contribution in [0.15, 0.2) is 121 Å². The number of hydrogen-bond acceptors (Lipinski definition) is 1. The van der Waals surface area contributed by atoms with Crippen molar-refractivity contribution in [1.29, 1.82) is 0 Å². The van der Waals surface area contributed by atoms with Crippen molar-refractivity contribution in [2.75, 3.05) is 0 Å². The normalized spacial score (nSPS) is 12.8. The SMILES string of the molecule is Clc1ccccc1C(c1ccccc1)c1cnc(Cl)c(C(c2ccccc2)c2ccccc2Cl)c1. The van der Waals surface area contributed by atoms with Crippen LogP contribution in [0.25, 0.3) is 0 Å². The van der Waals surface area contributed by atoms with Gasteiger partial charge in [0.15, 0.2) is 0 Å². The Morgan fingerprint density at radius 2 is 0.914 bits per heavy atom. The number of benzene rings is 4. The van der Waals surface area contributed by atoms with Crippen LogP contribution in [0.2, 0.25) is 15.2 Å². The molecule has 0 spiro atoms. The first-order chi connectivity index (χ1) is 17.1. The maximum absolute atomic E-state index is 6.79. The van der Waals surface area contributed by atoms with E-state index in [-0.39, 0.29) is 11.8 Å². The maximum Gasteiger partial charge on any atom is 0.133 e. The van der Waals surface area contributed by atoms with Crippen LogP contribution in [0.4, 0.5) is 0 Å². The van der Waals surface area contributed by atoms with Gasteiger partial charge in [0, 0.05) is 33.6 Å². The van der Waals surface area contributed by atoms with E-state index in [9.17, 15) is 0 Å². The molecular weight excluding hydrogens is 493 g/mol. The van der Waals surface area contributed by atoms with E-state index >= 15 is 0 Å². The molecule has 1 nitrogen and oxygen atoms in total. The van der Waals surface area contributed by atoms with Gasteiger partial charge in [-0.3, -0.25) is 0 Å². The van der Waals surface area contributed by atoms with Gasteiger partial charge < -0.3 is 0 Å². The summed E-state index contributed by atoms with van der Waals surface area (Å²) in [5, 5.41) is 1.85. The van der Waals surface area contributed by atoms with E-state index in [1.807, 2.05) is 85.1 Å². The quantitative estimate of drug-likeness (QED) is 0.206. The predicted molar refractivity (Wildman–Crippen MR) is 147 cm³/mol. The Morgan fingerprint density at radius 1 is 0.457 bits per heavy atom. The van der Waals surface area contributed by atoms with Crippen LogP contribution >= 0.6 is 34.8 Å². The van der Waals surface area contributed by atoms with Crippen LogP contribution in [0.5, 0.6) is 0 Å².